The summed E-state index contributed by atoms with van der Waals surface area (Å²) in [5.41, 5.74) is -0.624. The van der Waals surface area contributed by atoms with E-state index in [1.165, 1.54) is 7.11 Å². The van der Waals surface area contributed by atoms with Crippen molar-refractivity contribution in [2.24, 2.45) is 0 Å². The predicted octanol–water partition coefficient (Wildman–Crippen LogP) is 0.847. The molecular weight excluding hydrogens is 234 g/mol. The van der Waals surface area contributed by atoms with Gasteiger partial charge in [0.15, 0.2) is 0 Å². The molecule has 1 fully saturated rings. The van der Waals surface area contributed by atoms with Crippen LogP contribution in [0.15, 0.2) is 0 Å². The van der Waals surface area contributed by atoms with Crippen molar-refractivity contribution in [2.45, 2.75) is 32.4 Å². The van der Waals surface area contributed by atoms with Crippen LogP contribution in [0.2, 0.25) is 0 Å². The molecule has 94 valence electrons. The molecule has 2 atom stereocenters. The molecule has 0 aromatic carbocycles. The number of rotatable bonds is 2. The second kappa shape index (κ2) is 5.11. The molecule has 1 aliphatic rings. The van der Waals surface area contributed by atoms with Crippen molar-refractivity contribution >= 4 is 17.4 Å². The molecule has 0 aromatic rings. The first-order valence-electron chi connectivity index (χ1n) is 4.91. The largest absolute Gasteiger partial charge is 0.443 e. The van der Waals surface area contributed by atoms with E-state index in [0.717, 1.165) is 4.31 Å². The van der Waals surface area contributed by atoms with Gasteiger partial charge in [0, 0.05) is 7.11 Å². The van der Waals surface area contributed by atoms with E-state index in [2.05, 4.69) is 0 Å². The minimum absolute atomic E-state index is 0.194. The highest BCUT2D eigenvalue weighted by atomic mass is 32.2. The number of amides is 1. The zero-order chi connectivity index (χ0) is 12.3. The van der Waals surface area contributed by atoms with E-state index in [9.17, 15) is 9.00 Å². The molecule has 0 aliphatic carbocycles. The maximum absolute atomic E-state index is 11.7. The normalized spacial score (nSPS) is 25.9. The van der Waals surface area contributed by atoms with Gasteiger partial charge in [-0.05, 0) is 20.8 Å². The third-order valence-electron chi connectivity index (χ3n) is 1.79. The molecule has 1 unspecified atom stereocenters. The van der Waals surface area contributed by atoms with Gasteiger partial charge in [-0.25, -0.2) is 9.00 Å². The predicted molar refractivity (Wildman–Crippen MR) is 57.8 cm³/mol. The van der Waals surface area contributed by atoms with Crippen LogP contribution < -0.4 is 0 Å². The van der Waals surface area contributed by atoms with Crippen LogP contribution in [0.25, 0.3) is 0 Å². The molecule has 1 heterocycles. The van der Waals surface area contributed by atoms with Gasteiger partial charge in [-0.2, -0.15) is 4.31 Å². The molecule has 1 saturated heterocycles. The van der Waals surface area contributed by atoms with Crippen LogP contribution in [0.5, 0.6) is 0 Å². The van der Waals surface area contributed by atoms with Crippen molar-refractivity contribution in [1.29, 1.82) is 0 Å². The summed E-state index contributed by atoms with van der Waals surface area (Å²) in [7, 11) is 1.51. The summed E-state index contributed by atoms with van der Waals surface area (Å²) in [4.78, 5) is 11.7. The van der Waals surface area contributed by atoms with Gasteiger partial charge >= 0.3 is 6.09 Å². The van der Waals surface area contributed by atoms with Crippen LogP contribution in [-0.4, -0.2) is 46.6 Å². The number of hydrogen-bond acceptors (Lipinski definition) is 5. The lowest BCUT2D eigenvalue weighted by Crippen LogP contribution is -2.42. The molecule has 0 saturated carbocycles. The van der Waals surface area contributed by atoms with Crippen molar-refractivity contribution in [3.63, 3.8) is 0 Å². The van der Waals surface area contributed by atoms with Crippen molar-refractivity contribution in [1.82, 2.24) is 4.31 Å². The Kier molecular flexibility index (Phi) is 4.28. The van der Waals surface area contributed by atoms with Crippen LogP contribution in [0, 0.1) is 0 Å². The maximum atomic E-state index is 11.7. The fourth-order valence-electron chi connectivity index (χ4n) is 1.21. The first-order valence-corrected chi connectivity index (χ1v) is 5.94. The standard InChI is InChI=1S/C9H17NO5S/c1-9(2,3)15-8(11)10-7(5-13-4)6-14-16(10)12/h7H,5-6H2,1-4H3/t7-,16?/m0/s1. The van der Waals surface area contributed by atoms with E-state index in [-0.39, 0.29) is 19.3 Å². The highest BCUT2D eigenvalue weighted by Crippen LogP contribution is 2.19. The minimum atomic E-state index is -1.78. The van der Waals surface area contributed by atoms with Gasteiger partial charge in [0.05, 0.1) is 19.3 Å². The Bertz CT molecular complexity index is 288. The summed E-state index contributed by atoms with van der Waals surface area (Å²) in [6, 6.07) is -0.360. The minimum Gasteiger partial charge on any atom is -0.443 e. The monoisotopic (exact) mass is 251 g/mol. The van der Waals surface area contributed by atoms with E-state index in [1.54, 1.807) is 20.8 Å². The second-order valence-electron chi connectivity index (χ2n) is 4.42. The lowest BCUT2D eigenvalue weighted by Gasteiger charge is -2.25. The average molecular weight is 251 g/mol. The van der Waals surface area contributed by atoms with E-state index in [0.29, 0.717) is 0 Å². The fourth-order valence-corrected chi connectivity index (χ4v) is 2.12. The Morgan fingerprint density at radius 1 is 1.56 bits per heavy atom. The van der Waals surface area contributed by atoms with Gasteiger partial charge in [-0.15, -0.1) is 0 Å². The summed E-state index contributed by atoms with van der Waals surface area (Å²) in [6.45, 7) is 5.70. The zero-order valence-corrected chi connectivity index (χ0v) is 10.7. The molecule has 0 bridgehead atoms. The van der Waals surface area contributed by atoms with Crippen molar-refractivity contribution < 1.29 is 22.7 Å². The first-order chi connectivity index (χ1) is 7.35. The highest BCUT2D eigenvalue weighted by Gasteiger charge is 2.39. The SMILES string of the molecule is COC[C@H]1COS(=O)N1C(=O)OC(C)(C)C. The fraction of sp³-hybridized carbons (Fsp3) is 0.889. The highest BCUT2D eigenvalue weighted by molar-refractivity contribution is 7.78. The Morgan fingerprint density at radius 3 is 2.69 bits per heavy atom. The number of nitrogens with zero attached hydrogens (tertiary/aromatic N) is 1. The van der Waals surface area contributed by atoms with E-state index >= 15 is 0 Å². The molecule has 6 nitrogen and oxygen atoms in total. The van der Waals surface area contributed by atoms with Gasteiger partial charge in [-0.3, -0.25) is 4.18 Å². The third-order valence-corrected chi connectivity index (χ3v) is 2.89. The number of methoxy groups -OCH3 is 1. The smallest absolute Gasteiger partial charge is 0.424 e. The van der Waals surface area contributed by atoms with Crippen molar-refractivity contribution in [3.8, 4) is 0 Å². The van der Waals surface area contributed by atoms with Gasteiger partial charge in [0.25, 0.3) is 11.3 Å². The van der Waals surface area contributed by atoms with Gasteiger partial charge < -0.3 is 9.47 Å². The Hall–Kier alpha value is -0.660. The number of ether oxygens (including phenoxy) is 2. The summed E-state index contributed by atoms with van der Waals surface area (Å²) in [6.07, 6.45) is -0.648. The van der Waals surface area contributed by atoms with Gasteiger partial charge in [0.1, 0.15) is 5.60 Å². The van der Waals surface area contributed by atoms with Crippen LogP contribution >= 0.6 is 0 Å². The molecule has 0 N–H and O–H groups in total. The van der Waals surface area contributed by atoms with E-state index in [4.69, 9.17) is 13.7 Å². The lowest BCUT2D eigenvalue weighted by molar-refractivity contribution is 0.0300. The first kappa shape index (κ1) is 13.4. The molecular formula is C9H17NO5S. The number of hydrogen-bond donors (Lipinski definition) is 0. The molecule has 1 aliphatic heterocycles. The molecule has 0 aromatic heterocycles. The lowest BCUT2D eigenvalue weighted by atomic mass is 10.2. The van der Waals surface area contributed by atoms with Crippen LogP contribution in [0.3, 0.4) is 0 Å². The molecule has 7 heteroatoms. The average Bonchev–Trinajstić information content (AvgIpc) is 2.44. The van der Waals surface area contributed by atoms with E-state index < -0.39 is 23.0 Å². The van der Waals surface area contributed by atoms with Crippen LogP contribution in [0.1, 0.15) is 20.8 Å². The van der Waals surface area contributed by atoms with Gasteiger partial charge in [-0.1, -0.05) is 0 Å². The quantitative estimate of drug-likeness (QED) is 0.728. The molecule has 1 amide bonds. The van der Waals surface area contributed by atoms with Crippen LogP contribution in [-0.2, 0) is 24.9 Å². The van der Waals surface area contributed by atoms with E-state index in [1.807, 2.05) is 0 Å². The maximum Gasteiger partial charge on any atom is 0.424 e. The molecule has 16 heavy (non-hydrogen) atoms. The summed E-state index contributed by atoms with van der Waals surface area (Å²) in [5, 5.41) is 0. The Morgan fingerprint density at radius 2 is 2.19 bits per heavy atom. The zero-order valence-electron chi connectivity index (χ0n) is 9.89. The number of carbonyl (C=O) groups is 1. The Balaban J connectivity index is 2.68. The number of carbonyl (C=O) groups excluding carboxylic acids is 1. The topological polar surface area (TPSA) is 65.1 Å². The van der Waals surface area contributed by atoms with Crippen molar-refractivity contribution in [2.75, 3.05) is 20.3 Å². The van der Waals surface area contributed by atoms with Crippen LogP contribution in [0.4, 0.5) is 4.79 Å². The van der Waals surface area contributed by atoms with Gasteiger partial charge in [0.2, 0.25) is 0 Å². The third kappa shape index (κ3) is 3.43. The summed E-state index contributed by atoms with van der Waals surface area (Å²) in [5.74, 6) is 0. The Labute approximate surface area is 97.6 Å². The molecule has 1 rings (SSSR count). The second-order valence-corrected chi connectivity index (χ2v) is 5.48. The molecule has 0 radical (unpaired) electrons. The molecule has 0 spiro atoms. The summed E-state index contributed by atoms with van der Waals surface area (Å²) >= 11 is -1.78. The summed E-state index contributed by atoms with van der Waals surface area (Å²) < 4.78 is 27.4. The van der Waals surface area contributed by atoms with Crippen molar-refractivity contribution in [3.05, 3.63) is 0 Å².